The fourth-order valence-corrected chi connectivity index (χ4v) is 4.69. The van der Waals surface area contributed by atoms with Crippen molar-refractivity contribution in [3.63, 3.8) is 0 Å². The minimum Gasteiger partial charge on any atom is -0.496 e. The average Bonchev–Trinajstić information content (AvgIpc) is 3.35. The van der Waals surface area contributed by atoms with Crippen molar-refractivity contribution in [3.8, 4) is 5.75 Å². The molecule has 0 spiro atoms. The summed E-state index contributed by atoms with van der Waals surface area (Å²) in [5.74, 6) is 1.25. The van der Waals surface area contributed by atoms with Gasteiger partial charge in [-0.15, -0.1) is 0 Å². The zero-order chi connectivity index (χ0) is 22.5. The number of aromatic nitrogens is 4. The molecule has 3 heterocycles. The smallest absolute Gasteiger partial charge is 0.167 e. The van der Waals surface area contributed by atoms with Crippen molar-refractivity contribution in [2.24, 2.45) is 5.73 Å². The summed E-state index contributed by atoms with van der Waals surface area (Å²) in [4.78, 5) is 13.1. The lowest BCUT2D eigenvalue weighted by atomic mass is 9.82. The van der Waals surface area contributed by atoms with Crippen molar-refractivity contribution in [2.45, 2.75) is 49.5 Å². The SMILES string of the molecule is COc1cccc2c1CCCC2(N)Nc1ncnc2c1ncn2[C@@H]1O[C@H](CO)[C@@H](O)[C@H]1O. The molecule has 1 aliphatic carbocycles. The Balaban J connectivity index is 1.51. The quantitative estimate of drug-likeness (QED) is 0.340. The topological polar surface area (TPSA) is 161 Å². The first-order valence-electron chi connectivity index (χ1n) is 10.5. The summed E-state index contributed by atoms with van der Waals surface area (Å²) < 4.78 is 12.7. The summed E-state index contributed by atoms with van der Waals surface area (Å²) in [5, 5.41) is 33.2. The zero-order valence-corrected chi connectivity index (χ0v) is 17.5. The minimum absolute atomic E-state index is 0.405. The highest BCUT2D eigenvalue weighted by Gasteiger charge is 2.44. The maximum atomic E-state index is 10.4. The second-order valence-electron chi connectivity index (χ2n) is 8.21. The van der Waals surface area contributed by atoms with Gasteiger partial charge in [0.05, 0.1) is 20.0 Å². The number of nitrogens with zero attached hydrogens (tertiary/aromatic N) is 4. The van der Waals surface area contributed by atoms with Crippen LogP contribution in [-0.2, 0) is 16.8 Å². The Morgan fingerprint density at radius 3 is 2.88 bits per heavy atom. The first-order valence-corrected chi connectivity index (χ1v) is 10.5. The first kappa shape index (κ1) is 21.0. The number of methoxy groups -OCH3 is 1. The van der Waals surface area contributed by atoms with Crippen LogP contribution in [0.3, 0.4) is 0 Å². The molecule has 170 valence electrons. The normalized spacial score (nSPS) is 29.8. The third kappa shape index (κ3) is 3.21. The van der Waals surface area contributed by atoms with Crippen LogP contribution in [0.15, 0.2) is 30.9 Å². The Morgan fingerprint density at radius 1 is 1.28 bits per heavy atom. The van der Waals surface area contributed by atoms with Gasteiger partial charge in [-0.1, -0.05) is 12.1 Å². The number of aliphatic hydroxyl groups is 3. The molecular formula is C21H26N6O5. The molecule has 6 N–H and O–H groups in total. The maximum Gasteiger partial charge on any atom is 0.167 e. The van der Waals surface area contributed by atoms with Crippen LogP contribution in [0.2, 0.25) is 0 Å². The number of ether oxygens (including phenoxy) is 2. The predicted octanol–water partition coefficient (Wildman–Crippen LogP) is 0.00630. The van der Waals surface area contributed by atoms with Gasteiger partial charge >= 0.3 is 0 Å². The lowest BCUT2D eigenvalue weighted by Gasteiger charge is -2.37. The highest BCUT2D eigenvalue weighted by molar-refractivity contribution is 5.83. The molecule has 0 bridgehead atoms. The molecule has 11 nitrogen and oxygen atoms in total. The molecule has 3 aromatic rings. The Morgan fingerprint density at radius 2 is 2.12 bits per heavy atom. The van der Waals surface area contributed by atoms with Crippen molar-refractivity contribution >= 4 is 17.0 Å². The number of anilines is 1. The molecule has 0 radical (unpaired) electrons. The van der Waals surface area contributed by atoms with Crippen LogP contribution in [0.1, 0.15) is 30.2 Å². The van der Waals surface area contributed by atoms with Crippen LogP contribution in [0.4, 0.5) is 5.82 Å². The van der Waals surface area contributed by atoms with Gasteiger partial charge < -0.3 is 35.8 Å². The summed E-state index contributed by atoms with van der Waals surface area (Å²) in [6.45, 7) is -0.415. The van der Waals surface area contributed by atoms with E-state index >= 15 is 0 Å². The molecule has 5 atom stereocenters. The van der Waals surface area contributed by atoms with Gasteiger partial charge in [0.2, 0.25) is 0 Å². The van der Waals surface area contributed by atoms with Crippen LogP contribution < -0.4 is 15.8 Å². The van der Waals surface area contributed by atoms with Gasteiger partial charge in [0.15, 0.2) is 23.2 Å². The van der Waals surface area contributed by atoms with E-state index in [2.05, 4.69) is 20.3 Å². The monoisotopic (exact) mass is 442 g/mol. The van der Waals surface area contributed by atoms with Gasteiger partial charge in [-0.25, -0.2) is 15.0 Å². The molecule has 1 aromatic carbocycles. The summed E-state index contributed by atoms with van der Waals surface area (Å²) in [6.07, 6.45) is 0.982. The van der Waals surface area contributed by atoms with E-state index in [1.807, 2.05) is 18.2 Å². The molecule has 1 saturated heterocycles. The molecule has 1 aliphatic heterocycles. The number of rotatable bonds is 5. The van der Waals surface area contributed by atoms with E-state index in [4.69, 9.17) is 15.2 Å². The van der Waals surface area contributed by atoms with Gasteiger partial charge in [0.25, 0.3) is 0 Å². The Bertz CT molecular complexity index is 1140. The van der Waals surface area contributed by atoms with Gasteiger partial charge in [-0.05, 0) is 30.9 Å². The molecule has 2 aliphatic rings. The Labute approximate surface area is 183 Å². The maximum absolute atomic E-state index is 10.4. The van der Waals surface area contributed by atoms with Crippen LogP contribution >= 0.6 is 0 Å². The number of hydrogen-bond acceptors (Lipinski definition) is 10. The van der Waals surface area contributed by atoms with Gasteiger partial charge in [0, 0.05) is 5.56 Å². The lowest BCUT2D eigenvalue weighted by molar-refractivity contribution is -0.0511. The third-order valence-corrected chi connectivity index (χ3v) is 6.32. The highest BCUT2D eigenvalue weighted by atomic mass is 16.6. The number of hydrogen-bond donors (Lipinski definition) is 5. The molecule has 0 saturated carbocycles. The molecule has 5 rings (SSSR count). The van der Waals surface area contributed by atoms with E-state index in [1.54, 1.807) is 7.11 Å². The lowest BCUT2D eigenvalue weighted by Crippen LogP contribution is -2.47. The molecular weight excluding hydrogens is 416 g/mol. The van der Waals surface area contributed by atoms with E-state index in [0.29, 0.717) is 23.4 Å². The van der Waals surface area contributed by atoms with Crippen LogP contribution in [-0.4, -0.2) is 66.9 Å². The van der Waals surface area contributed by atoms with Gasteiger partial charge in [-0.2, -0.15) is 0 Å². The summed E-state index contributed by atoms with van der Waals surface area (Å²) in [5.41, 5.74) is 8.82. The van der Waals surface area contributed by atoms with E-state index in [-0.39, 0.29) is 0 Å². The van der Waals surface area contributed by atoms with Crippen molar-refractivity contribution in [1.82, 2.24) is 19.5 Å². The Hall–Kier alpha value is -2.83. The van der Waals surface area contributed by atoms with E-state index in [9.17, 15) is 15.3 Å². The van der Waals surface area contributed by atoms with Crippen molar-refractivity contribution < 1.29 is 24.8 Å². The van der Waals surface area contributed by atoms with Crippen molar-refractivity contribution in [2.75, 3.05) is 19.0 Å². The van der Waals surface area contributed by atoms with Crippen LogP contribution in [0.5, 0.6) is 5.75 Å². The van der Waals surface area contributed by atoms with Gasteiger partial charge in [-0.3, -0.25) is 4.57 Å². The van der Waals surface area contributed by atoms with E-state index in [0.717, 1.165) is 29.7 Å². The van der Waals surface area contributed by atoms with Crippen molar-refractivity contribution in [1.29, 1.82) is 0 Å². The van der Waals surface area contributed by atoms with Crippen LogP contribution in [0.25, 0.3) is 11.2 Å². The molecule has 0 amide bonds. The second-order valence-corrected chi connectivity index (χ2v) is 8.21. The number of benzene rings is 1. The molecule has 32 heavy (non-hydrogen) atoms. The van der Waals surface area contributed by atoms with Crippen LogP contribution in [0, 0.1) is 0 Å². The van der Waals surface area contributed by atoms with E-state index < -0.39 is 36.8 Å². The third-order valence-electron chi connectivity index (χ3n) is 6.32. The highest BCUT2D eigenvalue weighted by Crippen LogP contribution is 2.39. The largest absolute Gasteiger partial charge is 0.496 e. The fourth-order valence-electron chi connectivity index (χ4n) is 4.69. The summed E-state index contributed by atoms with van der Waals surface area (Å²) in [7, 11) is 1.65. The van der Waals surface area contributed by atoms with Gasteiger partial charge in [0.1, 0.15) is 36.1 Å². The predicted molar refractivity (Wildman–Crippen MR) is 114 cm³/mol. The average molecular weight is 442 g/mol. The molecule has 11 heteroatoms. The van der Waals surface area contributed by atoms with E-state index in [1.165, 1.54) is 17.2 Å². The summed E-state index contributed by atoms with van der Waals surface area (Å²) >= 11 is 0. The summed E-state index contributed by atoms with van der Waals surface area (Å²) in [6, 6.07) is 5.83. The van der Waals surface area contributed by atoms with Crippen molar-refractivity contribution in [3.05, 3.63) is 42.0 Å². The standard InChI is InChI=1S/C21H26N6O5/c1-31-13-6-2-5-12-11(13)4-3-7-21(12,22)26-18-15-19(24-9-23-18)27(10-25-15)20-17(30)16(29)14(8-28)32-20/h2,5-6,9-10,14,16-17,20,28-30H,3-4,7-8,22H2,1H3,(H,23,24,26)/t14-,16-,17-,20-,21?/m1/s1. The number of imidazole rings is 1. The number of nitrogens with two attached hydrogens (primary N) is 1. The number of fused-ring (bicyclic) bond motifs is 2. The number of nitrogens with one attached hydrogen (secondary N) is 1. The Kier molecular flexibility index (Phi) is 5.22. The fraction of sp³-hybridized carbons (Fsp3) is 0.476. The second kappa shape index (κ2) is 7.94. The molecule has 2 aromatic heterocycles. The molecule has 1 fully saturated rings. The number of aliphatic hydroxyl groups excluding tert-OH is 3. The zero-order valence-electron chi connectivity index (χ0n) is 17.5. The minimum atomic E-state index is -1.24. The first-order chi connectivity index (χ1) is 15.5. The molecule has 1 unspecified atom stereocenters.